The van der Waals surface area contributed by atoms with E-state index in [1.165, 1.54) is 3.97 Å². The van der Waals surface area contributed by atoms with Crippen LogP contribution >= 0.6 is 0 Å². The molecule has 2 aromatic heterocycles. The summed E-state index contributed by atoms with van der Waals surface area (Å²) in [5.74, 6) is 0.506. The van der Waals surface area contributed by atoms with Gasteiger partial charge in [-0.05, 0) is 49.9 Å². The maximum Gasteiger partial charge on any atom is 0.268 e. The summed E-state index contributed by atoms with van der Waals surface area (Å²) in [6, 6.07) is 17.8. The summed E-state index contributed by atoms with van der Waals surface area (Å²) in [4.78, 5) is 9.27. The summed E-state index contributed by atoms with van der Waals surface area (Å²) in [5.41, 5.74) is 1.97. The lowest BCUT2D eigenvalue weighted by Gasteiger charge is -2.26. The molecule has 8 heteroatoms. The second-order valence-corrected chi connectivity index (χ2v) is 9.90. The van der Waals surface area contributed by atoms with Gasteiger partial charge in [-0.3, -0.25) is 0 Å². The zero-order valence-electron chi connectivity index (χ0n) is 17.4. The van der Waals surface area contributed by atoms with E-state index in [4.69, 9.17) is 0 Å². The van der Waals surface area contributed by atoms with Gasteiger partial charge in [-0.25, -0.2) is 22.4 Å². The first-order valence-corrected chi connectivity index (χ1v) is 12.1. The van der Waals surface area contributed by atoms with Crippen LogP contribution in [0.4, 0.5) is 5.95 Å². The summed E-state index contributed by atoms with van der Waals surface area (Å²) < 4.78 is 28.0. The van der Waals surface area contributed by atoms with Crippen LogP contribution < -0.4 is 5.32 Å². The molecule has 0 saturated heterocycles. The third kappa shape index (κ3) is 3.87. The van der Waals surface area contributed by atoms with Gasteiger partial charge in [0.1, 0.15) is 0 Å². The first-order chi connectivity index (χ1) is 15.5. The van der Waals surface area contributed by atoms with Crippen LogP contribution in [0, 0.1) is 0 Å². The Labute approximate surface area is 186 Å². The Morgan fingerprint density at radius 3 is 2.44 bits per heavy atom. The van der Waals surface area contributed by atoms with Gasteiger partial charge in [0.15, 0.2) is 0 Å². The van der Waals surface area contributed by atoms with Crippen LogP contribution in [0.3, 0.4) is 0 Å². The lowest BCUT2D eigenvalue weighted by molar-refractivity contribution is 0.126. The molecule has 4 aromatic rings. The van der Waals surface area contributed by atoms with Crippen molar-refractivity contribution < 1.29 is 13.5 Å². The molecule has 0 aliphatic heterocycles. The molecule has 32 heavy (non-hydrogen) atoms. The van der Waals surface area contributed by atoms with Crippen molar-refractivity contribution in [3.05, 3.63) is 73.1 Å². The van der Waals surface area contributed by atoms with Gasteiger partial charge in [0, 0.05) is 29.4 Å². The number of aliphatic hydroxyl groups excluding tert-OH is 1. The molecule has 2 N–H and O–H groups in total. The highest BCUT2D eigenvalue weighted by Crippen LogP contribution is 2.32. The molecule has 0 atom stereocenters. The van der Waals surface area contributed by atoms with E-state index in [9.17, 15) is 13.5 Å². The molecular formula is C24H24N4O3S. The molecule has 1 saturated carbocycles. The smallest absolute Gasteiger partial charge is 0.268 e. The normalized spacial score (nSPS) is 19.2. The SMILES string of the molecule is O=S(=O)(c1ccccc1)n1cc(-c2ccnc(N[C@H]3CC[C@H](O)CC3)n2)c2ccccc21. The van der Waals surface area contributed by atoms with Crippen molar-refractivity contribution in [3.8, 4) is 11.3 Å². The van der Waals surface area contributed by atoms with Crippen molar-refractivity contribution in [2.75, 3.05) is 5.32 Å². The zero-order valence-corrected chi connectivity index (χ0v) is 18.2. The Balaban J connectivity index is 1.55. The van der Waals surface area contributed by atoms with Gasteiger partial charge in [-0.2, -0.15) is 0 Å². The van der Waals surface area contributed by atoms with Crippen molar-refractivity contribution in [1.29, 1.82) is 0 Å². The molecule has 0 unspecified atom stereocenters. The summed E-state index contributed by atoms with van der Waals surface area (Å²) in [5, 5.41) is 13.9. The van der Waals surface area contributed by atoms with Crippen molar-refractivity contribution >= 4 is 26.9 Å². The van der Waals surface area contributed by atoms with Gasteiger partial charge in [0.05, 0.1) is 22.2 Å². The van der Waals surface area contributed by atoms with Gasteiger partial charge < -0.3 is 10.4 Å². The molecule has 1 fully saturated rings. The fraction of sp³-hybridized carbons (Fsp3) is 0.250. The number of nitrogens with one attached hydrogen (secondary N) is 1. The van der Waals surface area contributed by atoms with Gasteiger partial charge >= 0.3 is 0 Å². The van der Waals surface area contributed by atoms with Crippen molar-refractivity contribution in [2.24, 2.45) is 0 Å². The third-order valence-corrected chi connectivity index (χ3v) is 7.63. The molecule has 1 aliphatic rings. The van der Waals surface area contributed by atoms with Crippen LogP contribution in [0.15, 0.2) is 78.0 Å². The average molecular weight is 449 g/mol. The van der Waals surface area contributed by atoms with E-state index >= 15 is 0 Å². The van der Waals surface area contributed by atoms with E-state index < -0.39 is 10.0 Å². The number of benzene rings is 2. The van der Waals surface area contributed by atoms with Gasteiger partial charge in [0.2, 0.25) is 5.95 Å². The lowest BCUT2D eigenvalue weighted by Crippen LogP contribution is -2.28. The monoisotopic (exact) mass is 448 g/mol. The molecule has 5 rings (SSSR count). The Morgan fingerprint density at radius 2 is 1.66 bits per heavy atom. The van der Waals surface area contributed by atoms with Crippen molar-refractivity contribution in [2.45, 2.75) is 42.7 Å². The maximum atomic E-state index is 13.3. The number of nitrogens with zero attached hydrogens (tertiary/aromatic N) is 3. The summed E-state index contributed by atoms with van der Waals surface area (Å²) in [6.45, 7) is 0. The number of anilines is 1. The molecular weight excluding hydrogens is 424 g/mol. The molecule has 0 bridgehead atoms. The first-order valence-electron chi connectivity index (χ1n) is 10.7. The molecule has 0 amide bonds. The zero-order chi connectivity index (χ0) is 22.1. The van der Waals surface area contributed by atoms with Crippen LogP contribution in [0.25, 0.3) is 22.2 Å². The molecule has 2 heterocycles. The first kappa shape index (κ1) is 20.7. The molecule has 0 spiro atoms. The minimum absolute atomic E-state index is 0.216. The number of aromatic nitrogens is 3. The van der Waals surface area contributed by atoms with Crippen molar-refractivity contribution in [3.63, 3.8) is 0 Å². The van der Waals surface area contributed by atoms with E-state index in [1.54, 1.807) is 54.9 Å². The Hall–Kier alpha value is -3.23. The topological polar surface area (TPSA) is 97.1 Å². The van der Waals surface area contributed by atoms with Crippen LogP contribution in [0.2, 0.25) is 0 Å². The number of aliphatic hydroxyl groups is 1. The summed E-state index contributed by atoms with van der Waals surface area (Å²) in [6.07, 6.45) is 6.35. The Kier molecular flexibility index (Phi) is 5.40. The molecule has 1 aliphatic carbocycles. The second kappa shape index (κ2) is 8.37. The summed E-state index contributed by atoms with van der Waals surface area (Å²) >= 11 is 0. The van der Waals surface area contributed by atoms with E-state index in [1.807, 2.05) is 18.2 Å². The molecule has 7 nitrogen and oxygen atoms in total. The standard InChI is InChI=1S/C24H24N4O3S/c29-18-12-10-17(11-13-18)26-24-25-15-14-22(27-24)21-16-28(23-9-5-4-8-20(21)23)32(30,31)19-6-2-1-3-7-19/h1-9,14-18,29H,10-13H2,(H,25,26,27)/t17-,18-. The van der Waals surface area contributed by atoms with E-state index in [-0.39, 0.29) is 17.0 Å². The number of fused-ring (bicyclic) bond motifs is 1. The predicted octanol–water partition coefficient (Wildman–Crippen LogP) is 4.05. The van der Waals surface area contributed by atoms with Crippen LogP contribution in [-0.4, -0.2) is 39.6 Å². The second-order valence-electron chi connectivity index (χ2n) is 8.09. The van der Waals surface area contributed by atoms with Crippen molar-refractivity contribution in [1.82, 2.24) is 13.9 Å². The van der Waals surface area contributed by atoms with Gasteiger partial charge in [-0.15, -0.1) is 0 Å². The number of hydrogen-bond acceptors (Lipinski definition) is 6. The van der Waals surface area contributed by atoms with Crippen LogP contribution in [0.1, 0.15) is 25.7 Å². The van der Waals surface area contributed by atoms with E-state index in [0.29, 0.717) is 17.2 Å². The van der Waals surface area contributed by atoms with Gasteiger partial charge in [0.25, 0.3) is 10.0 Å². The fourth-order valence-electron chi connectivity index (χ4n) is 4.24. The highest BCUT2D eigenvalue weighted by Gasteiger charge is 2.23. The molecule has 0 radical (unpaired) electrons. The Morgan fingerprint density at radius 1 is 0.938 bits per heavy atom. The van der Waals surface area contributed by atoms with E-state index in [0.717, 1.165) is 36.6 Å². The molecule has 2 aromatic carbocycles. The minimum atomic E-state index is -3.76. The lowest BCUT2D eigenvalue weighted by atomic mass is 9.93. The summed E-state index contributed by atoms with van der Waals surface area (Å²) in [7, 11) is -3.76. The average Bonchev–Trinajstić information content (AvgIpc) is 3.22. The fourth-order valence-corrected chi connectivity index (χ4v) is 5.63. The van der Waals surface area contributed by atoms with E-state index in [2.05, 4.69) is 15.3 Å². The maximum absolute atomic E-state index is 13.3. The number of para-hydroxylation sites is 1. The minimum Gasteiger partial charge on any atom is -0.393 e. The largest absolute Gasteiger partial charge is 0.393 e. The number of rotatable bonds is 5. The van der Waals surface area contributed by atoms with Crippen LogP contribution in [0.5, 0.6) is 0 Å². The highest BCUT2D eigenvalue weighted by atomic mass is 32.2. The van der Waals surface area contributed by atoms with Crippen LogP contribution in [-0.2, 0) is 10.0 Å². The van der Waals surface area contributed by atoms with Gasteiger partial charge in [-0.1, -0.05) is 36.4 Å². The third-order valence-electron chi connectivity index (χ3n) is 5.94. The predicted molar refractivity (Wildman–Crippen MR) is 124 cm³/mol. The number of hydrogen-bond donors (Lipinski definition) is 2. The highest BCUT2D eigenvalue weighted by molar-refractivity contribution is 7.90. The molecule has 164 valence electrons. The Bertz CT molecular complexity index is 1340. The quantitative estimate of drug-likeness (QED) is 0.478.